The van der Waals surface area contributed by atoms with Crippen LogP contribution in [-0.4, -0.2) is 49.8 Å². The Kier molecular flexibility index (Phi) is 4.80. The fourth-order valence-corrected chi connectivity index (χ4v) is 2.84. The normalized spacial score (nSPS) is 27.9. The second-order valence-corrected chi connectivity index (χ2v) is 4.93. The van der Waals surface area contributed by atoms with Crippen LogP contribution in [0.1, 0.15) is 32.6 Å². The van der Waals surface area contributed by atoms with E-state index in [9.17, 15) is 4.79 Å². The molecule has 4 nitrogen and oxygen atoms in total. The molecule has 2 aliphatic heterocycles. The molecule has 0 radical (unpaired) electrons. The van der Waals surface area contributed by atoms with Gasteiger partial charge in [-0.1, -0.05) is 0 Å². The first-order chi connectivity index (χ1) is 8.31. The van der Waals surface area contributed by atoms with Crippen LogP contribution in [-0.2, 0) is 14.3 Å². The summed E-state index contributed by atoms with van der Waals surface area (Å²) >= 11 is 0. The van der Waals surface area contributed by atoms with Crippen molar-refractivity contribution in [3.8, 4) is 0 Å². The highest BCUT2D eigenvalue weighted by Crippen LogP contribution is 2.23. The number of esters is 1. The molecular weight excluding hydrogens is 218 g/mol. The molecule has 2 rings (SSSR count). The van der Waals surface area contributed by atoms with E-state index in [1.165, 1.54) is 0 Å². The van der Waals surface area contributed by atoms with Crippen LogP contribution in [0.2, 0.25) is 0 Å². The molecule has 0 N–H and O–H groups in total. The van der Waals surface area contributed by atoms with Gasteiger partial charge in [-0.15, -0.1) is 0 Å². The lowest BCUT2D eigenvalue weighted by molar-refractivity contribution is -0.150. The summed E-state index contributed by atoms with van der Waals surface area (Å²) < 4.78 is 10.5. The van der Waals surface area contributed by atoms with Gasteiger partial charge in [0.25, 0.3) is 0 Å². The number of piperidine rings is 1. The Morgan fingerprint density at radius 1 is 1.35 bits per heavy atom. The highest BCUT2D eigenvalue weighted by molar-refractivity contribution is 5.72. The first-order valence-electron chi connectivity index (χ1n) is 6.79. The van der Waals surface area contributed by atoms with Crippen molar-refractivity contribution >= 4 is 5.97 Å². The van der Waals surface area contributed by atoms with Crippen LogP contribution in [0.25, 0.3) is 0 Å². The molecule has 0 aromatic carbocycles. The smallest absolute Gasteiger partial charge is 0.310 e. The monoisotopic (exact) mass is 241 g/mol. The van der Waals surface area contributed by atoms with E-state index in [0.29, 0.717) is 12.6 Å². The first-order valence-corrected chi connectivity index (χ1v) is 6.79. The predicted octanol–water partition coefficient (Wildman–Crippen LogP) is 1.44. The fraction of sp³-hybridized carbons (Fsp3) is 0.923. The van der Waals surface area contributed by atoms with Crippen LogP contribution in [0, 0.1) is 5.92 Å². The van der Waals surface area contributed by atoms with Crippen molar-refractivity contribution in [1.29, 1.82) is 0 Å². The number of rotatable bonds is 3. The summed E-state index contributed by atoms with van der Waals surface area (Å²) in [6.07, 6.45) is 4.31. The van der Waals surface area contributed by atoms with E-state index in [2.05, 4.69) is 4.90 Å². The molecule has 0 aromatic rings. The average molecular weight is 241 g/mol. The number of nitrogens with zero attached hydrogens (tertiary/aromatic N) is 1. The van der Waals surface area contributed by atoms with Gasteiger partial charge in [-0.2, -0.15) is 0 Å². The molecule has 98 valence electrons. The topological polar surface area (TPSA) is 38.8 Å². The third-order valence-corrected chi connectivity index (χ3v) is 3.78. The zero-order valence-corrected chi connectivity index (χ0v) is 10.7. The third kappa shape index (κ3) is 3.42. The largest absolute Gasteiger partial charge is 0.466 e. The molecule has 0 bridgehead atoms. The highest BCUT2D eigenvalue weighted by atomic mass is 16.5. The van der Waals surface area contributed by atoms with Crippen LogP contribution in [0.4, 0.5) is 0 Å². The Bertz CT molecular complexity index is 251. The van der Waals surface area contributed by atoms with E-state index in [1.807, 2.05) is 6.92 Å². The molecule has 0 aliphatic carbocycles. The van der Waals surface area contributed by atoms with Crippen molar-refractivity contribution < 1.29 is 14.3 Å². The summed E-state index contributed by atoms with van der Waals surface area (Å²) in [5, 5.41) is 0. The van der Waals surface area contributed by atoms with E-state index in [1.54, 1.807) is 0 Å². The Morgan fingerprint density at radius 2 is 2.12 bits per heavy atom. The molecule has 2 fully saturated rings. The van der Waals surface area contributed by atoms with E-state index in [-0.39, 0.29) is 11.9 Å². The van der Waals surface area contributed by atoms with E-state index < -0.39 is 0 Å². The van der Waals surface area contributed by atoms with Crippen LogP contribution in [0.3, 0.4) is 0 Å². The van der Waals surface area contributed by atoms with Crippen molar-refractivity contribution in [2.45, 2.75) is 38.6 Å². The zero-order chi connectivity index (χ0) is 12.1. The Labute approximate surface area is 103 Å². The zero-order valence-electron chi connectivity index (χ0n) is 10.7. The minimum Gasteiger partial charge on any atom is -0.466 e. The summed E-state index contributed by atoms with van der Waals surface area (Å²) in [5.74, 6) is 0.0794. The SMILES string of the molecule is CCOC(=O)[C@@H]1CCCN(C2CCOCC2)C1. The molecule has 2 saturated heterocycles. The van der Waals surface area contributed by atoms with Crippen molar-refractivity contribution in [3.05, 3.63) is 0 Å². The number of carbonyl (C=O) groups is 1. The molecule has 17 heavy (non-hydrogen) atoms. The van der Waals surface area contributed by atoms with Crippen molar-refractivity contribution in [2.24, 2.45) is 5.92 Å². The second kappa shape index (κ2) is 6.36. The standard InChI is InChI=1S/C13H23NO3/c1-2-17-13(15)11-4-3-7-14(10-11)12-5-8-16-9-6-12/h11-12H,2-10H2,1H3/t11-/m1/s1. The van der Waals surface area contributed by atoms with Crippen LogP contribution < -0.4 is 0 Å². The Balaban J connectivity index is 1.85. The Hall–Kier alpha value is -0.610. The van der Waals surface area contributed by atoms with Gasteiger partial charge in [-0.05, 0) is 39.2 Å². The highest BCUT2D eigenvalue weighted by Gasteiger charge is 2.31. The number of carbonyl (C=O) groups excluding carboxylic acids is 1. The summed E-state index contributed by atoms with van der Waals surface area (Å²) in [6, 6.07) is 0.612. The molecule has 0 saturated carbocycles. The van der Waals surface area contributed by atoms with E-state index >= 15 is 0 Å². The molecule has 0 unspecified atom stereocenters. The van der Waals surface area contributed by atoms with Gasteiger partial charge in [-0.25, -0.2) is 0 Å². The molecule has 1 atom stereocenters. The first kappa shape index (κ1) is 12.8. The van der Waals surface area contributed by atoms with Gasteiger partial charge in [0.1, 0.15) is 0 Å². The maximum Gasteiger partial charge on any atom is 0.310 e. The number of hydrogen-bond donors (Lipinski definition) is 0. The maximum absolute atomic E-state index is 11.8. The molecule has 0 amide bonds. The lowest BCUT2D eigenvalue weighted by Crippen LogP contribution is -2.47. The molecule has 0 aromatic heterocycles. The number of ether oxygens (including phenoxy) is 2. The van der Waals surface area contributed by atoms with Gasteiger partial charge in [0, 0.05) is 25.8 Å². The quantitative estimate of drug-likeness (QED) is 0.701. The Morgan fingerprint density at radius 3 is 2.82 bits per heavy atom. The summed E-state index contributed by atoms with van der Waals surface area (Å²) in [5.41, 5.74) is 0. The van der Waals surface area contributed by atoms with Crippen molar-refractivity contribution in [3.63, 3.8) is 0 Å². The lowest BCUT2D eigenvalue weighted by atomic mass is 9.95. The summed E-state index contributed by atoms with van der Waals surface area (Å²) in [4.78, 5) is 14.2. The molecule has 0 spiro atoms. The van der Waals surface area contributed by atoms with Gasteiger partial charge in [0.15, 0.2) is 0 Å². The van der Waals surface area contributed by atoms with Gasteiger partial charge in [-0.3, -0.25) is 9.69 Å². The lowest BCUT2D eigenvalue weighted by Gasteiger charge is -2.39. The van der Waals surface area contributed by atoms with Crippen molar-refractivity contribution in [2.75, 3.05) is 32.9 Å². The van der Waals surface area contributed by atoms with E-state index in [4.69, 9.17) is 9.47 Å². The van der Waals surface area contributed by atoms with Gasteiger partial charge in [0.2, 0.25) is 0 Å². The van der Waals surface area contributed by atoms with Gasteiger partial charge >= 0.3 is 5.97 Å². The summed E-state index contributed by atoms with van der Waals surface area (Å²) in [6.45, 7) is 6.10. The molecular formula is C13H23NO3. The second-order valence-electron chi connectivity index (χ2n) is 4.93. The predicted molar refractivity (Wildman–Crippen MR) is 64.8 cm³/mol. The van der Waals surface area contributed by atoms with Crippen LogP contribution >= 0.6 is 0 Å². The summed E-state index contributed by atoms with van der Waals surface area (Å²) in [7, 11) is 0. The van der Waals surface area contributed by atoms with Crippen LogP contribution in [0.5, 0.6) is 0 Å². The average Bonchev–Trinajstić information content (AvgIpc) is 2.40. The van der Waals surface area contributed by atoms with Crippen molar-refractivity contribution in [1.82, 2.24) is 4.90 Å². The maximum atomic E-state index is 11.8. The molecule has 4 heteroatoms. The van der Waals surface area contributed by atoms with E-state index in [0.717, 1.165) is 52.0 Å². The molecule has 2 heterocycles. The van der Waals surface area contributed by atoms with Gasteiger partial charge in [0.05, 0.1) is 12.5 Å². The third-order valence-electron chi connectivity index (χ3n) is 3.78. The van der Waals surface area contributed by atoms with Crippen LogP contribution in [0.15, 0.2) is 0 Å². The fourth-order valence-electron chi connectivity index (χ4n) is 2.84. The number of likely N-dealkylation sites (tertiary alicyclic amines) is 1. The molecule has 2 aliphatic rings. The van der Waals surface area contributed by atoms with Gasteiger partial charge < -0.3 is 9.47 Å². The minimum absolute atomic E-state index is 0.00994. The number of hydrogen-bond acceptors (Lipinski definition) is 4. The minimum atomic E-state index is -0.00994.